The highest BCUT2D eigenvalue weighted by molar-refractivity contribution is 6.30. The maximum atomic E-state index is 12.0. The summed E-state index contributed by atoms with van der Waals surface area (Å²) < 4.78 is 45.2. The van der Waals surface area contributed by atoms with Crippen molar-refractivity contribution in [1.82, 2.24) is 0 Å². The fourth-order valence-electron chi connectivity index (χ4n) is 1.43. The second kappa shape index (κ2) is 5.50. The zero-order valence-corrected chi connectivity index (χ0v) is 10.7. The Hall–Kier alpha value is -2.08. The third kappa shape index (κ3) is 3.96. The summed E-state index contributed by atoms with van der Waals surface area (Å²) in [4.78, 5) is 0. The largest absolute Gasteiger partial charge is 0.573 e. The van der Waals surface area contributed by atoms with Crippen molar-refractivity contribution >= 4 is 17.3 Å². The van der Waals surface area contributed by atoms with E-state index in [1.54, 1.807) is 12.1 Å². The minimum Gasteiger partial charge on any atom is -0.455 e. The second-order valence-electron chi connectivity index (χ2n) is 3.80. The van der Waals surface area contributed by atoms with E-state index < -0.39 is 6.36 Å². The van der Waals surface area contributed by atoms with Crippen molar-refractivity contribution in [3.63, 3.8) is 0 Å². The van der Waals surface area contributed by atoms with Gasteiger partial charge in [0.05, 0.1) is 5.69 Å². The van der Waals surface area contributed by atoms with E-state index in [-0.39, 0.29) is 5.75 Å². The van der Waals surface area contributed by atoms with Gasteiger partial charge < -0.3 is 15.2 Å². The first-order chi connectivity index (χ1) is 9.33. The van der Waals surface area contributed by atoms with Gasteiger partial charge in [-0.2, -0.15) is 0 Å². The van der Waals surface area contributed by atoms with Gasteiger partial charge in [-0.1, -0.05) is 11.6 Å². The first-order valence-electron chi connectivity index (χ1n) is 5.42. The van der Waals surface area contributed by atoms with E-state index in [1.807, 2.05) is 0 Å². The van der Waals surface area contributed by atoms with Gasteiger partial charge in [-0.3, -0.25) is 0 Å². The predicted molar refractivity (Wildman–Crippen MR) is 69.1 cm³/mol. The van der Waals surface area contributed by atoms with Crippen LogP contribution in [0.4, 0.5) is 18.9 Å². The van der Waals surface area contributed by atoms with Gasteiger partial charge in [0.25, 0.3) is 0 Å². The standard InChI is InChI=1S/C13H9ClF3NO2/c14-8-1-6-11(18)12(7-8)19-9-2-4-10(5-3-9)20-13(15,16)17/h1-7H,18H2. The third-order valence-corrected chi connectivity index (χ3v) is 2.50. The SMILES string of the molecule is Nc1ccc(Cl)cc1Oc1ccc(OC(F)(F)F)cc1. The number of anilines is 1. The summed E-state index contributed by atoms with van der Waals surface area (Å²) in [5.41, 5.74) is 6.06. The van der Waals surface area contributed by atoms with Crippen LogP contribution in [0.3, 0.4) is 0 Å². The Balaban J connectivity index is 2.13. The van der Waals surface area contributed by atoms with Crippen LogP contribution in [0.1, 0.15) is 0 Å². The molecule has 0 aliphatic carbocycles. The summed E-state index contributed by atoms with van der Waals surface area (Å²) in [5.74, 6) is 0.305. The summed E-state index contributed by atoms with van der Waals surface area (Å²) in [6.07, 6.45) is -4.72. The molecule has 3 nitrogen and oxygen atoms in total. The number of hydrogen-bond acceptors (Lipinski definition) is 3. The number of ether oxygens (including phenoxy) is 2. The van der Waals surface area contributed by atoms with E-state index in [9.17, 15) is 13.2 Å². The lowest BCUT2D eigenvalue weighted by atomic mass is 10.3. The number of nitrogen functional groups attached to an aromatic ring is 1. The summed E-state index contributed by atoms with van der Waals surface area (Å²) in [5, 5.41) is 0.436. The van der Waals surface area contributed by atoms with E-state index in [4.69, 9.17) is 22.1 Å². The molecular weight excluding hydrogens is 295 g/mol. The highest BCUT2D eigenvalue weighted by Crippen LogP contribution is 2.31. The first-order valence-corrected chi connectivity index (χ1v) is 5.80. The molecule has 0 unspecified atom stereocenters. The Kier molecular flexibility index (Phi) is 3.94. The molecule has 0 radical (unpaired) electrons. The molecule has 20 heavy (non-hydrogen) atoms. The molecule has 2 aromatic rings. The summed E-state index contributed by atoms with van der Waals surface area (Å²) >= 11 is 5.80. The van der Waals surface area contributed by atoms with Gasteiger partial charge in [0.15, 0.2) is 5.75 Å². The van der Waals surface area contributed by atoms with E-state index in [0.717, 1.165) is 12.1 Å². The number of nitrogens with two attached hydrogens (primary N) is 1. The molecule has 0 fully saturated rings. The summed E-state index contributed by atoms with van der Waals surface area (Å²) in [6, 6.07) is 9.63. The Bertz CT molecular complexity index is 600. The zero-order valence-electron chi connectivity index (χ0n) is 9.95. The van der Waals surface area contributed by atoms with Gasteiger partial charge in [0.1, 0.15) is 11.5 Å². The van der Waals surface area contributed by atoms with Crippen molar-refractivity contribution < 1.29 is 22.6 Å². The normalized spacial score (nSPS) is 11.2. The molecule has 0 saturated carbocycles. The number of alkyl halides is 3. The summed E-state index contributed by atoms with van der Waals surface area (Å²) in [7, 11) is 0. The van der Waals surface area contributed by atoms with Crippen LogP contribution in [-0.2, 0) is 0 Å². The maximum absolute atomic E-state index is 12.0. The zero-order chi connectivity index (χ0) is 14.8. The Morgan fingerprint density at radius 3 is 2.15 bits per heavy atom. The molecule has 0 aromatic heterocycles. The first kappa shape index (κ1) is 14.3. The molecule has 0 bridgehead atoms. The van der Waals surface area contributed by atoms with Crippen molar-refractivity contribution in [1.29, 1.82) is 0 Å². The molecule has 0 spiro atoms. The van der Waals surface area contributed by atoms with Crippen LogP contribution in [-0.4, -0.2) is 6.36 Å². The average molecular weight is 304 g/mol. The van der Waals surface area contributed by atoms with Crippen LogP contribution < -0.4 is 15.2 Å². The van der Waals surface area contributed by atoms with E-state index in [0.29, 0.717) is 22.2 Å². The molecule has 2 aromatic carbocycles. The van der Waals surface area contributed by atoms with E-state index in [1.165, 1.54) is 18.2 Å². The molecule has 106 valence electrons. The van der Waals surface area contributed by atoms with Crippen molar-refractivity contribution in [2.75, 3.05) is 5.73 Å². The minimum absolute atomic E-state index is 0.313. The second-order valence-corrected chi connectivity index (χ2v) is 4.24. The van der Waals surface area contributed by atoms with Gasteiger partial charge in [0.2, 0.25) is 0 Å². The third-order valence-electron chi connectivity index (χ3n) is 2.26. The Morgan fingerprint density at radius 1 is 0.950 bits per heavy atom. The topological polar surface area (TPSA) is 44.5 Å². The predicted octanol–water partition coefficient (Wildman–Crippen LogP) is 4.61. The molecule has 0 aliphatic rings. The molecule has 7 heteroatoms. The number of benzene rings is 2. The molecule has 0 saturated heterocycles. The highest BCUT2D eigenvalue weighted by atomic mass is 35.5. The van der Waals surface area contributed by atoms with E-state index >= 15 is 0 Å². The van der Waals surface area contributed by atoms with Crippen LogP contribution in [0.15, 0.2) is 42.5 Å². The maximum Gasteiger partial charge on any atom is 0.573 e. The lowest BCUT2D eigenvalue weighted by Crippen LogP contribution is -2.16. The summed E-state index contributed by atoms with van der Waals surface area (Å²) in [6.45, 7) is 0. The molecule has 0 amide bonds. The quantitative estimate of drug-likeness (QED) is 0.842. The number of hydrogen-bond donors (Lipinski definition) is 1. The van der Waals surface area contributed by atoms with Crippen LogP contribution in [0.5, 0.6) is 17.2 Å². The van der Waals surface area contributed by atoms with Crippen molar-refractivity contribution in [2.45, 2.75) is 6.36 Å². The minimum atomic E-state index is -4.72. The fraction of sp³-hybridized carbons (Fsp3) is 0.0769. The van der Waals surface area contributed by atoms with Crippen molar-refractivity contribution in [3.05, 3.63) is 47.5 Å². The fourth-order valence-corrected chi connectivity index (χ4v) is 1.60. The number of rotatable bonds is 3. The Labute approximate surface area is 117 Å². The molecule has 0 atom stereocenters. The highest BCUT2D eigenvalue weighted by Gasteiger charge is 2.30. The molecular formula is C13H9ClF3NO2. The van der Waals surface area contributed by atoms with Crippen LogP contribution in [0, 0.1) is 0 Å². The van der Waals surface area contributed by atoms with Gasteiger partial charge in [-0.05, 0) is 36.4 Å². The van der Waals surface area contributed by atoms with E-state index in [2.05, 4.69) is 4.74 Å². The molecule has 0 heterocycles. The van der Waals surface area contributed by atoms with Crippen LogP contribution in [0.2, 0.25) is 5.02 Å². The number of halogens is 4. The van der Waals surface area contributed by atoms with Crippen LogP contribution in [0.25, 0.3) is 0 Å². The van der Waals surface area contributed by atoms with Gasteiger partial charge >= 0.3 is 6.36 Å². The van der Waals surface area contributed by atoms with Crippen molar-refractivity contribution in [3.8, 4) is 17.2 Å². The molecule has 0 aliphatic heterocycles. The van der Waals surface area contributed by atoms with Gasteiger partial charge in [-0.25, -0.2) is 0 Å². The lowest BCUT2D eigenvalue weighted by molar-refractivity contribution is -0.274. The Morgan fingerprint density at radius 2 is 1.55 bits per heavy atom. The monoisotopic (exact) mass is 303 g/mol. The van der Waals surface area contributed by atoms with Gasteiger partial charge in [0, 0.05) is 11.1 Å². The average Bonchev–Trinajstić information content (AvgIpc) is 2.34. The smallest absolute Gasteiger partial charge is 0.455 e. The lowest BCUT2D eigenvalue weighted by Gasteiger charge is -2.11. The molecule has 2 N–H and O–H groups in total. The van der Waals surface area contributed by atoms with Crippen LogP contribution >= 0.6 is 11.6 Å². The molecule has 2 rings (SSSR count). The van der Waals surface area contributed by atoms with Gasteiger partial charge in [-0.15, -0.1) is 13.2 Å². The van der Waals surface area contributed by atoms with Crippen molar-refractivity contribution in [2.24, 2.45) is 0 Å².